The lowest BCUT2D eigenvalue weighted by Gasteiger charge is -2.09. The van der Waals surface area contributed by atoms with Crippen molar-refractivity contribution >= 4 is 48.9 Å². The highest BCUT2D eigenvalue weighted by atomic mass is 79.9. The van der Waals surface area contributed by atoms with Crippen molar-refractivity contribution in [3.05, 3.63) is 14.9 Å². The third-order valence-electron chi connectivity index (χ3n) is 2.54. The average molecular weight is 361 g/mol. The molecule has 17 heavy (non-hydrogen) atoms. The van der Waals surface area contributed by atoms with Crippen LogP contribution in [0.2, 0.25) is 5.02 Å². The fourth-order valence-electron chi connectivity index (χ4n) is 1.37. The van der Waals surface area contributed by atoms with E-state index in [1.54, 1.807) is 0 Å². The quantitative estimate of drug-likeness (QED) is 0.846. The van der Waals surface area contributed by atoms with Gasteiger partial charge in [-0.3, -0.25) is 0 Å². The van der Waals surface area contributed by atoms with Crippen LogP contribution in [0.15, 0.2) is 14.1 Å². The lowest BCUT2D eigenvalue weighted by atomic mass is 10.2. The summed E-state index contributed by atoms with van der Waals surface area (Å²) in [6.07, 6.45) is 1.35. The van der Waals surface area contributed by atoms with Gasteiger partial charge in [0.05, 0.1) is 14.9 Å². The molecule has 0 radical (unpaired) electrons. The predicted octanol–water partition coefficient (Wildman–Crippen LogP) is 2.21. The van der Waals surface area contributed by atoms with E-state index in [4.69, 9.17) is 11.6 Å². The highest BCUT2D eigenvalue weighted by Crippen LogP contribution is 2.35. The number of hydrogen-bond acceptors (Lipinski definition) is 4. The molecule has 8 heteroatoms. The first-order valence-electron chi connectivity index (χ1n) is 5.02. The Hall–Kier alpha value is 0.340. The molecular weight excluding hydrogens is 350 g/mol. The Bertz CT molecular complexity index is 493. The molecule has 1 saturated carbocycles. The number of aliphatic hydroxyl groups is 1. The van der Waals surface area contributed by atoms with Crippen LogP contribution in [-0.2, 0) is 10.0 Å². The van der Waals surface area contributed by atoms with Crippen LogP contribution in [0.3, 0.4) is 0 Å². The molecule has 0 spiro atoms. The van der Waals surface area contributed by atoms with E-state index in [0.717, 1.165) is 24.2 Å². The van der Waals surface area contributed by atoms with E-state index in [1.807, 2.05) is 0 Å². The zero-order valence-electron chi connectivity index (χ0n) is 8.69. The zero-order valence-corrected chi connectivity index (χ0v) is 12.7. The Morgan fingerprint density at radius 2 is 2.29 bits per heavy atom. The van der Waals surface area contributed by atoms with Crippen molar-refractivity contribution in [1.29, 1.82) is 0 Å². The van der Waals surface area contributed by atoms with Gasteiger partial charge in [0.15, 0.2) is 0 Å². The van der Waals surface area contributed by atoms with Gasteiger partial charge in [0.2, 0.25) is 10.0 Å². The molecule has 0 bridgehead atoms. The van der Waals surface area contributed by atoms with Gasteiger partial charge in [-0.2, -0.15) is 0 Å². The average Bonchev–Trinajstić information content (AvgIpc) is 3.04. The highest BCUT2D eigenvalue weighted by molar-refractivity contribution is 9.11. The van der Waals surface area contributed by atoms with Gasteiger partial charge in [0, 0.05) is 6.54 Å². The molecule has 1 aromatic rings. The largest absolute Gasteiger partial charge is 0.391 e. The fourth-order valence-corrected chi connectivity index (χ4v) is 4.87. The number of halogens is 2. The number of hydrogen-bond donors (Lipinski definition) is 2. The minimum Gasteiger partial charge on any atom is -0.391 e. The molecule has 0 aliphatic heterocycles. The summed E-state index contributed by atoms with van der Waals surface area (Å²) in [4.78, 5) is 0. The molecule has 1 unspecified atom stereocenters. The maximum atomic E-state index is 11.9. The molecule has 96 valence electrons. The van der Waals surface area contributed by atoms with Crippen LogP contribution in [0.25, 0.3) is 0 Å². The normalized spacial score (nSPS) is 18.3. The minimum atomic E-state index is -3.57. The summed E-state index contributed by atoms with van der Waals surface area (Å²) in [7, 11) is -3.57. The van der Waals surface area contributed by atoms with Gasteiger partial charge < -0.3 is 5.11 Å². The number of aliphatic hydroxyl groups excluding tert-OH is 1. The lowest BCUT2D eigenvalue weighted by molar-refractivity contribution is 0.155. The van der Waals surface area contributed by atoms with Crippen molar-refractivity contribution in [2.24, 2.45) is 5.92 Å². The van der Waals surface area contributed by atoms with Crippen molar-refractivity contribution in [2.45, 2.75) is 23.2 Å². The van der Waals surface area contributed by atoms with Crippen molar-refractivity contribution in [1.82, 2.24) is 4.72 Å². The van der Waals surface area contributed by atoms with E-state index >= 15 is 0 Å². The summed E-state index contributed by atoms with van der Waals surface area (Å²) in [5, 5.41) is 9.97. The summed E-state index contributed by atoms with van der Waals surface area (Å²) in [6.45, 7) is 0.0557. The van der Waals surface area contributed by atoms with Crippen LogP contribution in [0, 0.1) is 5.92 Å². The third kappa shape index (κ3) is 3.42. The van der Waals surface area contributed by atoms with E-state index in [2.05, 4.69) is 20.7 Å². The van der Waals surface area contributed by atoms with Crippen molar-refractivity contribution in [3.8, 4) is 0 Å². The lowest BCUT2D eigenvalue weighted by Crippen LogP contribution is -2.32. The third-order valence-corrected chi connectivity index (χ3v) is 6.91. The van der Waals surface area contributed by atoms with Crippen LogP contribution in [-0.4, -0.2) is 26.2 Å². The van der Waals surface area contributed by atoms with E-state index in [1.165, 1.54) is 6.07 Å². The Morgan fingerprint density at radius 1 is 1.65 bits per heavy atom. The van der Waals surface area contributed by atoms with Crippen LogP contribution in [0.1, 0.15) is 12.8 Å². The van der Waals surface area contributed by atoms with Gasteiger partial charge in [-0.15, -0.1) is 11.3 Å². The van der Waals surface area contributed by atoms with E-state index in [9.17, 15) is 13.5 Å². The molecule has 1 fully saturated rings. The maximum absolute atomic E-state index is 11.9. The maximum Gasteiger partial charge on any atom is 0.250 e. The molecule has 0 aromatic carbocycles. The summed E-state index contributed by atoms with van der Waals surface area (Å²) < 4.78 is 26.8. The second-order valence-electron chi connectivity index (χ2n) is 3.94. The van der Waals surface area contributed by atoms with Gasteiger partial charge in [-0.05, 0) is 40.8 Å². The number of rotatable bonds is 5. The summed E-state index contributed by atoms with van der Waals surface area (Å²) >= 11 is 10.00. The number of thiophene rings is 1. The van der Waals surface area contributed by atoms with E-state index in [-0.39, 0.29) is 16.7 Å². The monoisotopic (exact) mass is 359 g/mol. The molecule has 1 aliphatic carbocycles. The first-order valence-corrected chi connectivity index (χ1v) is 8.50. The molecule has 0 amide bonds. The topological polar surface area (TPSA) is 66.4 Å². The summed E-state index contributed by atoms with van der Waals surface area (Å²) in [5.41, 5.74) is 0. The molecule has 0 saturated heterocycles. The van der Waals surface area contributed by atoms with Gasteiger partial charge in [0.1, 0.15) is 4.21 Å². The molecule has 1 aliphatic rings. The first kappa shape index (κ1) is 13.8. The standard InChI is InChI=1S/C9H11BrClNO3S2/c10-9-6(11)3-8(16-9)17(14,15)12-4-7(13)5-1-2-5/h3,5,7,12-13H,1-2,4H2. The first-order chi connectivity index (χ1) is 7.90. The molecule has 1 aromatic heterocycles. The minimum absolute atomic E-state index is 0.0557. The molecule has 2 rings (SSSR count). The molecular formula is C9H11BrClNO3S2. The van der Waals surface area contributed by atoms with Crippen LogP contribution in [0.4, 0.5) is 0 Å². The SMILES string of the molecule is O=S(=O)(NCC(O)C1CC1)c1cc(Cl)c(Br)s1. The Labute approximate surface area is 117 Å². The summed E-state index contributed by atoms with van der Waals surface area (Å²) in [6, 6.07) is 1.39. The van der Waals surface area contributed by atoms with Crippen molar-refractivity contribution < 1.29 is 13.5 Å². The molecule has 1 heterocycles. The van der Waals surface area contributed by atoms with Gasteiger partial charge >= 0.3 is 0 Å². The summed E-state index contributed by atoms with van der Waals surface area (Å²) in [5.74, 6) is 0.247. The number of sulfonamides is 1. The fraction of sp³-hybridized carbons (Fsp3) is 0.556. The smallest absolute Gasteiger partial charge is 0.250 e. The molecule has 2 N–H and O–H groups in total. The van der Waals surface area contributed by atoms with Crippen molar-refractivity contribution in [2.75, 3.05) is 6.54 Å². The molecule has 4 nitrogen and oxygen atoms in total. The highest BCUT2D eigenvalue weighted by Gasteiger charge is 2.30. The molecule has 1 atom stereocenters. The van der Waals surface area contributed by atoms with Crippen LogP contribution in [0.5, 0.6) is 0 Å². The predicted molar refractivity (Wildman–Crippen MR) is 70.9 cm³/mol. The van der Waals surface area contributed by atoms with E-state index < -0.39 is 16.1 Å². The van der Waals surface area contributed by atoms with Gasteiger partial charge in [-0.1, -0.05) is 11.6 Å². The van der Waals surface area contributed by atoms with E-state index in [0.29, 0.717) is 8.81 Å². The zero-order chi connectivity index (χ0) is 12.6. The second kappa shape index (κ2) is 5.14. The van der Waals surface area contributed by atoms with Crippen LogP contribution >= 0.6 is 38.9 Å². The Kier molecular flexibility index (Phi) is 4.16. The second-order valence-corrected chi connectivity index (χ2v) is 8.71. The van der Waals surface area contributed by atoms with Crippen molar-refractivity contribution in [3.63, 3.8) is 0 Å². The van der Waals surface area contributed by atoms with Crippen LogP contribution < -0.4 is 4.72 Å². The Balaban J connectivity index is 2.02. The van der Waals surface area contributed by atoms with Gasteiger partial charge in [-0.25, -0.2) is 13.1 Å². The van der Waals surface area contributed by atoms with Gasteiger partial charge in [0.25, 0.3) is 0 Å². The number of nitrogens with one attached hydrogen (secondary N) is 1. The Morgan fingerprint density at radius 3 is 2.76 bits per heavy atom.